The Morgan fingerprint density at radius 1 is 1.44 bits per heavy atom. The number of aromatic nitrogens is 2. The molecule has 4 N–H and O–H groups in total. The van der Waals surface area contributed by atoms with Crippen LogP contribution in [0, 0.1) is 0 Å². The van der Waals surface area contributed by atoms with Crippen molar-refractivity contribution in [3.05, 3.63) is 32.6 Å². The van der Waals surface area contributed by atoms with Gasteiger partial charge in [-0.3, -0.25) is 19.1 Å². The van der Waals surface area contributed by atoms with E-state index in [1.54, 1.807) is 0 Å². The van der Waals surface area contributed by atoms with Crippen molar-refractivity contribution in [1.82, 2.24) is 14.9 Å². The summed E-state index contributed by atoms with van der Waals surface area (Å²) in [7, 11) is 0. The molecule has 2 saturated heterocycles. The van der Waals surface area contributed by atoms with Gasteiger partial charge in [0.25, 0.3) is 11.5 Å². The Kier molecular flexibility index (Phi) is 5.33. The number of amides is 1. The molecule has 1 amide bonds. The van der Waals surface area contributed by atoms with E-state index in [9.17, 15) is 19.5 Å². The van der Waals surface area contributed by atoms with E-state index in [2.05, 4.69) is 10.3 Å². The first-order valence-corrected chi connectivity index (χ1v) is 8.19. The fourth-order valence-corrected chi connectivity index (χ4v) is 3.02. The molecule has 138 valence electrons. The van der Waals surface area contributed by atoms with Crippen LogP contribution in [0.3, 0.4) is 0 Å². The summed E-state index contributed by atoms with van der Waals surface area (Å²) in [4.78, 5) is 38.3. The second-order valence-corrected chi connectivity index (χ2v) is 6.17. The number of carbonyl (C=O) groups excluding carboxylic acids is 1. The molecule has 0 bridgehead atoms. The molecule has 25 heavy (non-hydrogen) atoms. The highest BCUT2D eigenvalue weighted by molar-refractivity contribution is 5.93. The van der Waals surface area contributed by atoms with Gasteiger partial charge in [-0.05, 0) is 12.8 Å². The van der Waals surface area contributed by atoms with Gasteiger partial charge in [0.05, 0.1) is 18.8 Å². The third-order valence-corrected chi connectivity index (χ3v) is 4.42. The Bertz CT molecular complexity index is 737. The van der Waals surface area contributed by atoms with Gasteiger partial charge in [-0.25, -0.2) is 4.79 Å². The van der Waals surface area contributed by atoms with Crippen LogP contribution in [-0.2, 0) is 9.47 Å². The van der Waals surface area contributed by atoms with Gasteiger partial charge in [-0.2, -0.15) is 0 Å². The summed E-state index contributed by atoms with van der Waals surface area (Å²) in [5.41, 5.74) is -1.79. The van der Waals surface area contributed by atoms with Gasteiger partial charge in [0, 0.05) is 25.8 Å². The summed E-state index contributed by atoms with van der Waals surface area (Å²) < 4.78 is 11.8. The van der Waals surface area contributed by atoms with E-state index in [-0.39, 0.29) is 24.6 Å². The minimum Gasteiger partial charge on any atom is -0.394 e. The summed E-state index contributed by atoms with van der Waals surface area (Å²) in [5, 5.41) is 21.5. The van der Waals surface area contributed by atoms with E-state index in [1.165, 1.54) is 0 Å². The lowest BCUT2D eigenvalue weighted by Crippen LogP contribution is -2.40. The van der Waals surface area contributed by atoms with Gasteiger partial charge >= 0.3 is 5.69 Å². The van der Waals surface area contributed by atoms with Crippen LogP contribution in [0.5, 0.6) is 0 Å². The van der Waals surface area contributed by atoms with E-state index >= 15 is 0 Å². The molecule has 3 heterocycles. The zero-order valence-corrected chi connectivity index (χ0v) is 13.5. The lowest BCUT2D eigenvalue weighted by Gasteiger charge is -2.15. The smallest absolute Gasteiger partial charge is 0.330 e. The highest BCUT2D eigenvalue weighted by Gasteiger charge is 2.35. The number of aromatic amines is 1. The summed E-state index contributed by atoms with van der Waals surface area (Å²) in [6.07, 6.45) is 0.239. The molecular weight excluding hydrogens is 334 g/mol. The average molecular weight is 355 g/mol. The first-order valence-electron chi connectivity index (χ1n) is 8.19. The summed E-state index contributed by atoms with van der Waals surface area (Å²) in [6, 6.07) is 0. The molecule has 3 rings (SSSR count). The van der Waals surface area contributed by atoms with Crippen LogP contribution in [-0.4, -0.2) is 63.7 Å². The topological polar surface area (TPSA) is 143 Å². The molecule has 1 aromatic heterocycles. The van der Waals surface area contributed by atoms with Crippen molar-refractivity contribution in [2.45, 2.75) is 43.8 Å². The van der Waals surface area contributed by atoms with Gasteiger partial charge in [0.2, 0.25) is 0 Å². The SMILES string of the molecule is O=C(NCC1CCCO1)c1cn([C@H]2C[C@@H](O)C(CO)O2)c(=O)[nH]c1=O. The summed E-state index contributed by atoms with van der Waals surface area (Å²) >= 11 is 0. The molecule has 2 aliphatic heterocycles. The standard InChI is InChI=1S/C15H21N3O7/c19-7-11-10(20)4-12(25-11)18-6-9(14(22)17-15(18)23)13(21)16-5-8-2-1-3-24-8/h6,8,10-12,19-20H,1-5,7H2,(H,16,21)(H,17,22,23)/t8?,10-,11?,12-/m1/s1. The predicted molar refractivity (Wildman–Crippen MR) is 84.2 cm³/mol. The Morgan fingerprint density at radius 2 is 2.24 bits per heavy atom. The van der Waals surface area contributed by atoms with Gasteiger partial charge in [-0.1, -0.05) is 0 Å². The molecular formula is C15H21N3O7. The number of hydrogen-bond acceptors (Lipinski definition) is 7. The largest absolute Gasteiger partial charge is 0.394 e. The highest BCUT2D eigenvalue weighted by atomic mass is 16.5. The number of ether oxygens (including phenoxy) is 2. The van der Waals surface area contributed by atoms with Crippen molar-refractivity contribution in [3.8, 4) is 0 Å². The van der Waals surface area contributed by atoms with Crippen LogP contribution in [0.2, 0.25) is 0 Å². The normalized spacial score (nSPS) is 29.0. The zero-order chi connectivity index (χ0) is 18.0. The van der Waals surface area contributed by atoms with Crippen LogP contribution < -0.4 is 16.6 Å². The lowest BCUT2D eigenvalue weighted by molar-refractivity contribution is -0.0459. The first-order chi connectivity index (χ1) is 12.0. The Balaban J connectivity index is 1.77. The number of aliphatic hydroxyl groups excluding tert-OH is 2. The minimum atomic E-state index is -0.939. The van der Waals surface area contributed by atoms with Crippen LogP contribution in [0.15, 0.2) is 15.8 Å². The number of nitrogens with zero attached hydrogens (tertiary/aromatic N) is 1. The molecule has 0 aliphatic carbocycles. The van der Waals surface area contributed by atoms with E-state index in [4.69, 9.17) is 14.6 Å². The Hall–Kier alpha value is -2.01. The van der Waals surface area contributed by atoms with Gasteiger partial charge < -0.3 is 25.0 Å². The molecule has 10 nitrogen and oxygen atoms in total. The third kappa shape index (κ3) is 3.82. The van der Waals surface area contributed by atoms with Crippen LogP contribution in [0.1, 0.15) is 35.8 Å². The van der Waals surface area contributed by atoms with Crippen LogP contribution in [0.4, 0.5) is 0 Å². The van der Waals surface area contributed by atoms with E-state index in [1.807, 2.05) is 0 Å². The average Bonchev–Trinajstić information content (AvgIpc) is 3.22. The molecule has 0 aromatic carbocycles. The maximum atomic E-state index is 12.3. The van der Waals surface area contributed by atoms with Crippen molar-refractivity contribution in [2.75, 3.05) is 19.8 Å². The second-order valence-electron chi connectivity index (χ2n) is 6.17. The van der Waals surface area contributed by atoms with Gasteiger partial charge in [0.1, 0.15) is 17.9 Å². The molecule has 0 spiro atoms. The quantitative estimate of drug-likeness (QED) is 0.482. The molecule has 2 aliphatic rings. The zero-order valence-electron chi connectivity index (χ0n) is 13.5. The van der Waals surface area contributed by atoms with Gasteiger partial charge in [-0.15, -0.1) is 0 Å². The molecule has 0 radical (unpaired) electrons. The van der Waals surface area contributed by atoms with Crippen LogP contribution in [0.25, 0.3) is 0 Å². The molecule has 2 fully saturated rings. The Labute approximate surface area is 142 Å². The molecule has 2 unspecified atom stereocenters. The number of rotatable bonds is 5. The fourth-order valence-electron chi connectivity index (χ4n) is 3.02. The molecule has 10 heteroatoms. The number of H-pyrrole nitrogens is 1. The lowest BCUT2D eigenvalue weighted by atomic mass is 10.2. The van der Waals surface area contributed by atoms with Crippen LogP contribution >= 0.6 is 0 Å². The second kappa shape index (κ2) is 7.48. The number of nitrogens with one attached hydrogen (secondary N) is 2. The van der Waals surface area contributed by atoms with E-state index in [0.717, 1.165) is 23.6 Å². The van der Waals surface area contributed by atoms with E-state index < -0.39 is 42.2 Å². The summed E-state index contributed by atoms with van der Waals surface area (Å²) in [6.45, 7) is 0.534. The Morgan fingerprint density at radius 3 is 2.88 bits per heavy atom. The molecule has 1 aromatic rings. The number of carbonyl (C=O) groups is 1. The van der Waals surface area contributed by atoms with Gasteiger partial charge in [0.15, 0.2) is 0 Å². The first kappa shape index (κ1) is 17.8. The van der Waals surface area contributed by atoms with Crippen molar-refractivity contribution >= 4 is 5.91 Å². The predicted octanol–water partition coefficient (Wildman–Crippen LogP) is -1.91. The van der Waals surface area contributed by atoms with Crippen molar-refractivity contribution in [2.24, 2.45) is 0 Å². The molecule has 0 saturated carbocycles. The highest BCUT2D eigenvalue weighted by Crippen LogP contribution is 2.27. The number of aliphatic hydroxyl groups is 2. The van der Waals surface area contributed by atoms with E-state index in [0.29, 0.717) is 6.61 Å². The van der Waals surface area contributed by atoms with Crippen molar-refractivity contribution in [3.63, 3.8) is 0 Å². The molecule has 4 atom stereocenters. The third-order valence-electron chi connectivity index (χ3n) is 4.42. The summed E-state index contributed by atoms with van der Waals surface area (Å²) in [5.74, 6) is -0.622. The monoisotopic (exact) mass is 355 g/mol. The minimum absolute atomic E-state index is 0.0636. The number of hydrogen-bond donors (Lipinski definition) is 4. The fraction of sp³-hybridized carbons (Fsp3) is 0.667. The van der Waals surface area contributed by atoms with Crippen molar-refractivity contribution in [1.29, 1.82) is 0 Å². The maximum absolute atomic E-state index is 12.3. The maximum Gasteiger partial charge on any atom is 0.330 e. The van der Waals surface area contributed by atoms with Crippen molar-refractivity contribution < 1.29 is 24.5 Å².